The standard InChI is InChI=1S/C18H17BNO5/c1-18(10-21,11-22)25-17-7-15(3-2-12(17)8-20)24-14-4-5-16-13(6-14)9-23-19-16/h2-7,21-22H,9-11H2,1H3. The van der Waals surface area contributed by atoms with E-state index in [4.69, 9.17) is 14.1 Å². The van der Waals surface area contributed by atoms with Crippen LogP contribution in [0.25, 0.3) is 0 Å². The number of fused-ring (bicyclic) bond motifs is 1. The van der Waals surface area contributed by atoms with Gasteiger partial charge in [-0.1, -0.05) is 6.07 Å². The summed E-state index contributed by atoms with van der Waals surface area (Å²) in [5.41, 5.74) is 1.16. The number of hydrogen-bond acceptors (Lipinski definition) is 6. The van der Waals surface area contributed by atoms with E-state index < -0.39 is 5.60 Å². The summed E-state index contributed by atoms with van der Waals surface area (Å²) in [6.07, 6.45) is 0. The van der Waals surface area contributed by atoms with Crippen molar-refractivity contribution in [3.05, 3.63) is 47.5 Å². The lowest BCUT2D eigenvalue weighted by Crippen LogP contribution is -2.40. The Hall–Kier alpha value is -2.53. The molecule has 0 saturated carbocycles. The van der Waals surface area contributed by atoms with E-state index in [0.717, 1.165) is 11.0 Å². The third-order valence-electron chi connectivity index (χ3n) is 3.90. The molecule has 0 fully saturated rings. The summed E-state index contributed by atoms with van der Waals surface area (Å²) >= 11 is 0. The number of hydrogen-bond donors (Lipinski definition) is 2. The molecular formula is C18H17BNO5. The number of ether oxygens (including phenoxy) is 2. The average molecular weight is 338 g/mol. The number of aliphatic hydroxyl groups is 2. The summed E-state index contributed by atoms with van der Waals surface area (Å²) < 4.78 is 16.8. The smallest absolute Gasteiger partial charge is 0.330 e. The molecule has 2 N–H and O–H groups in total. The van der Waals surface area contributed by atoms with Crippen LogP contribution in [0.1, 0.15) is 18.1 Å². The quantitative estimate of drug-likeness (QED) is 0.770. The maximum atomic E-state index is 9.39. The van der Waals surface area contributed by atoms with Gasteiger partial charge in [0.1, 0.15) is 23.3 Å². The second-order valence-electron chi connectivity index (χ2n) is 6.03. The Kier molecular flexibility index (Phi) is 4.95. The molecule has 0 spiro atoms. The summed E-state index contributed by atoms with van der Waals surface area (Å²) in [5, 5.41) is 28.0. The first-order valence-corrected chi connectivity index (χ1v) is 7.77. The maximum absolute atomic E-state index is 9.39. The van der Waals surface area contributed by atoms with Crippen LogP contribution < -0.4 is 14.9 Å². The Morgan fingerprint density at radius 3 is 2.64 bits per heavy atom. The molecule has 0 saturated heterocycles. The average Bonchev–Trinajstić information content (AvgIpc) is 3.09. The number of rotatable bonds is 6. The van der Waals surface area contributed by atoms with E-state index in [1.54, 1.807) is 32.6 Å². The van der Waals surface area contributed by atoms with Gasteiger partial charge in [0.05, 0.1) is 25.4 Å². The van der Waals surface area contributed by atoms with E-state index in [2.05, 4.69) is 0 Å². The van der Waals surface area contributed by atoms with Crippen molar-refractivity contribution in [1.29, 1.82) is 5.26 Å². The lowest BCUT2D eigenvalue weighted by molar-refractivity contribution is -0.0197. The third-order valence-corrected chi connectivity index (χ3v) is 3.90. The first kappa shape index (κ1) is 17.3. The van der Waals surface area contributed by atoms with E-state index >= 15 is 0 Å². The third kappa shape index (κ3) is 3.77. The molecule has 7 heteroatoms. The highest BCUT2D eigenvalue weighted by Gasteiger charge is 2.26. The van der Waals surface area contributed by atoms with Crippen molar-refractivity contribution in [2.24, 2.45) is 0 Å². The molecule has 0 aliphatic carbocycles. The van der Waals surface area contributed by atoms with Crippen molar-refractivity contribution in [2.45, 2.75) is 19.1 Å². The largest absolute Gasteiger partial charge is 0.481 e. The molecule has 0 amide bonds. The first-order chi connectivity index (χ1) is 12.1. The zero-order chi connectivity index (χ0) is 17.9. The van der Waals surface area contributed by atoms with E-state index in [9.17, 15) is 15.5 Å². The molecule has 0 atom stereocenters. The second kappa shape index (κ2) is 7.15. The Balaban J connectivity index is 1.85. The van der Waals surface area contributed by atoms with Crippen LogP contribution in [-0.4, -0.2) is 36.5 Å². The molecule has 0 bridgehead atoms. The zero-order valence-electron chi connectivity index (χ0n) is 13.7. The fourth-order valence-electron chi connectivity index (χ4n) is 2.37. The summed E-state index contributed by atoms with van der Waals surface area (Å²) in [7, 11) is 1.71. The minimum atomic E-state index is -1.19. The number of nitriles is 1. The van der Waals surface area contributed by atoms with Gasteiger partial charge >= 0.3 is 7.48 Å². The van der Waals surface area contributed by atoms with Crippen LogP contribution in [0.2, 0.25) is 0 Å². The first-order valence-electron chi connectivity index (χ1n) is 7.77. The molecule has 1 heterocycles. The minimum Gasteiger partial charge on any atom is -0.481 e. The predicted octanol–water partition coefficient (Wildman–Crippen LogP) is 1.25. The van der Waals surface area contributed by atoms with Crippen molar-refractivity contribution >= 4 is 12.9 Å². The van der Waals surface area contributed by atoms with E-state index in [0.29, 0.717) is 18.1 Å². The Labute approximate surface area is 146 Å². The highest BCUT2D eigenvalue weighted by Crippen LogP contribution is 2.31. The predicted molar refractivity (Wildman–Crippen MR) is 91.1 cm³/mol. The van der Waals surface area contributed by atoms with Crippen LogP contribution >= 0.6 is 0 Å². The molecule has 2 aromatic rings. The molecule has 3 rings (SSSR count). The van der Waals surface area contributed by atoms with Crippen LogP contribution in [0.4, 0.5) is 0 Å². The molecule has 25 heavy (non-hydrogen) atoms. The molecular weight excluding hydrogens is 321 g/mol. The molecule has 127 valence electrons. The SMILES string of the molecule is CC(CO)(CO)Oc1cc(Oc2ccc3c(c2)CO[B]3)ccc1C#N. The maximum Gasteiger partial charge on any atom is 0.330 e. The topological polar surface area (TPSA) is 91.9 Å². The van der Waals surface area contributed by atoms with Gasteiger partial charge in [-0.3, -0.25) is 0 Å². The van der Waals surface area contributed by atoms with Crippen LogP contribution in [0.15, 0.2) is 36.4 Å². The van der Waals surface area contributed by atoms with Gasteiger partial charge in [-0.25, -0.2) is 0 Å². The summed E-state index contributed by atoms with van der Waals surface area (Å²) in [6.45, 7) is 1.29. The van der Waals surface area contributed by atoms with Crippen molar-refractivity contribution in [3.8, 4) is 23.3 Å². The highest BCUT2D eigenvalue weighted by atomic mass is 16.5. The van der Waals surface area contributed by atoms with Gasteiger partial charge in [0, 0.05) is 6.07 Å². The van der Waals surface area contributed by atoms with Gasteiger partial charge in [-0.2, -0.15) is 5.26 Å². The molecule has 2 aromatic carbocycles. The molecule has 1 aliphatic heterocycles. The Bertz CT molecular complexity index is 814. The minimum absolute atomic E-state index is 0.239. The van der Waals surface area contributed by atoms with Crippen LogP contribution in [-0.2, 0) is 11.3 Å². The Morgan fingerprint density at radius 2 is 1.92 bits per heavy atom. The monoisotopic (exact) mass is 338 g/mol. The van der Waals surface area contributed by atoms with Crippen LogP contribution in [0.5, 0.6) is 17.2 Å². The van der Waals surface area contributed by atoms with Gasteiger partial charge < -0.3 is 24.3 Å². The summed E-state index contributed by atoms with van der Waals surface area (Å²) in [6, 6.07) is 12.5. The van der Waals surface area contributed by atoms with Gasteiger partial charge in [0.25, 0.3) is 0 Å². The summed E-state index contributed by atoms with van der Waals surface area (Å²) in [5.74, 6) is 1.36. The van der Waals surface area contributed by atoms with E-state index in [1.807, 2.05) is 24.3 Å². The fourth-order valence-corrected chi connectivity index (χ4v) is 2.37. The Morgan fingerprint density at radius 1 is 1.20 bits per heavy atom. The second-order valence-corrected chi connectivity index (χ2v) is 6.03. The number of benzene rings is 2. The highest BCUT2D eigenvalue weighted by molar-refractivity contribution is 6.48. The normalized spacial score (nSPS) is 12.9. The van der Waals surface area contributed by atoms with Crippen molar-refractivity contribution in [3.63, 3.8) is 0 Å². The molecule has 6 nitrogen and oxygen atoms in total. The van der Waals surface area contributed by atoms with Gasteiger partial charge in [0.2, 0.25) is 0 Å². The van der Waals surface area contributed by atoms with E-state index in [-0.39, 0.29) is 24.5 Å². The van der Waals surface area contributed by atoms with Gasteiger partial charge in [0.15, 0.2) is 5.60 Å². The van der Waals surface area contributed by atoms with Gasteiger partial charge in [-0.15, -0.1) is 0 Å². The number of nitrogens with zero attached hydrogens (tertiary/aromatic N) is 1. The van der Waals surface area contributed by atoms with Crippen molar-refractivity contribution < 1.29 is 24.3 Å². The van der Waals surface area contributed by atoms with E-state index in [1.165, 1.54) is 0 Å². The fraction of sp³-hybridized carbons (Fsp3) is 0.278. The molecule has 0 unspecified atom stereocenters. The van der Waals surface area contributed by atoms with Gasteiger partial charge in [-0.05, 0) is 42.2 Å². The lowest BCUT2D eigenvalue weighted by Gasteiger charge is -2.27. The molecule has 1 radical (unpaired) electrons. The van der Waals surface area contributed by atoms with Crippen molar-refractivity contribution in [2.75, 3.05) is 13.2 Å². The summed E-state index contributed by atoms with van der Waals surface area (Å²) in [4.78, 5) is 0. The number of aliphatic hydroxyl groups excluding tert-OH is 2. The van der Waals surface area contributed by atoms with Crippen molar-refractivity contribution in [1.82, 2.24) is 0 Å². The molecule has 1 aliphatic rings. The molecule has 0 aromatic heterocycles. The lowest BCUT2D eigenvalue weighted by atomic mass is 9.87. The van der Waals surface area contributed by atoms with Crippen LogP contribution in [0.3, 0.4) is 0 Å². The zero-order valence-corrected chi connectivity index (χ0v) is 13.7. The van der Waals surface area contributed by atoms with Crippen LogP contribution in [0, 0.1) is 11.3 Å².